The molecule has 1 aliphatic rings. The lowest BCUT2D eigenvalue weighted by molar-refractivity contribution is 0.281. The highest BCUT2D eigenvalue weighted by molar-refractivity contribution is 5.55. The molecule has 1 atom stereocenters. The van der Waals surface area contributed by atoms with Crippen LogP contribution in [0, 0.1) is 0 Å². The number of alkyl halides is 1. The molecular weight excluding hydrogens is 243 g/mol. The Hall–Kier alpha value is -1.13. The molecular formula is C15H25FN2O. The van der Waals surface area contributed by atoms with Crippen LogP contribution < -0.4 is 10.2 Å². The highest BCUT2D eigenvalue weighted by atomic mass is 19.1. The van der Waals surface area contributed by atoms with Crippen LogP contribution in [0.1, 0.15) is 31.9 Å². The summed E-state index contributed by atoms with van der Waals surface area (Å²) in [4.78, 5) is 2.24. The number of hydrogen-bond acceptors (Lipinski definition) is 3. The summed E-state index contributed by atoms with van der Waals surface area (Å²) in [5.41, 5.74) is 2.47. The van der Waals surface area contributed by atoms with E-state index >= 15 is 0 Å². The van der Waals surface area contributed by atoms with E-state index in [1.54, 1.807) is 12.1 Å². The first-order chi connectivity index (χ1) is 9.24. The van der Waals surface area contributed by atoms with Gasteiger partial charge in [0.2, 0.25) is 0 Å². The van der Waals surface area contributed by atoms with Crippen LogP contribution in [0.25, 0.3) is 0 Å². The molecule has 1 aromatic carbocycles. The average molecular weight is 268 g/mol. The van der Waals surface area contributed by atoms with Crippen LogP contribution in [0.2, 0.25) is 0 Å². The van der Waals surface area contributed by atoms with Gasteiger partial charge >= 0.3 is 0 Å². The van der Waals surface area contributed by atoms with Crippen LogP contribution in [0.5, 0.6) is 0 Å². The summed E-state index contributed by atoms with van der Waals surface area (Å²) < 4.78 is 12.6. The monoisotopic (exact) mass is 268 g/mol. The molecule has 1 saturated heterocycles. The van der Waals surface area contributed by atoms with Gasteiger partial charge in [-0.15, -0.1) is 0 Å². The van der Waals surface area contributed by atoms with Crippen LogP contribution in [-0.2, 0) is 13.3 Å². The molecule has 0 aromatic heterocycles. The molecule has 3 nitrogen and oxygen atoms in total. The summed E-state index contributed by atoms with van der Waals surface area (Å²) in [6, 6.07) is 5.90. The minimum Gasteiger partial charge on any atom is -0.392 e. The maximum Gasteiger partial charge on any atom is 0.115 e. The molecule has 1 aliphatic heterocycles. The Morgan fingerprint density at radius 1 is 1.42 bits per heavy atom. The third-order valence-corrected chi connectivity index (χ3v) is 3.18. The van der Waals surface area contributed by atoms with Gasteiger partial charge in [-0.2, -0.15) is 0 Å². The molecule has 0 aliphatic carbocycles. The topological polar surface area (TPSA) is 35.5 Å². The summed E-state index contributed by atoms with van der Waals surface area (Å²) in [7, 11) is 0. The summed E-state index contributed by atoms with van der Waals surface area (Å²) in [6.45, 7) is 8.40. The second-order valence-electron chi connectivity index (χ2n) is 4.56. The van der Waals surface area contributed by atoms with E-state index in [1.165, 1.54) is 0 Å². The van der Waals surface area contributed by atoms with Gasteiger partial charge in [0.25, 0.3) is 0 Å². The summed E-state index contributed by atoms with van der Waals surface area (Å²) >= 11 is 0. The maximum absolute atomic E-state index is 12.6. The number of aliphatic hydroxyl groups excluding tert-OH is 1. The molecule has 0 radical (unpaired) electrons. The van der Waals surface area contributed by atoms with Crippen molar-refractivity contribution in [1.29, 1.82) is 0 Å². The highest BCUT2D eigenvalue weighted by Gasteiger charge is 2.18. The lowest BCUT2D eigenvalue weighted by Gasteiger charge is -2.34. The van der Waals surface area contributed by atoms with Crippen molar-refractivity contribution in [3.8, 4) is 0 Å². The normalized spacial score (nSPS) is 18.8. The Bertz CT molecular complexity index is 384. The van der Waals surface area contributed by atoms with Crippen molar-refractivity contribution in [2.75, 3.05) is 24.5 Å². The van der Waals surface area contributed by atoms with E-state index in [-0.39, 0.29) is 6.61 Å². The smallest absolute Gasteiger partial charge is 0.115 e. The lowest BCUT2D eigenvalue weighted by atomic mass is 10.1. The van der Waals surface area contributed by atoms with Gasteiger partial charge in [0.15, 0.2) is 0 Å². The van der Waals surface area contributed by atoms with Crippen molar-refractivity contribution in [3.63, 3.8) is 0 Å². The number of halogens is 1. The summed E-state index contributed by atoms with van der Waals surface area (Å²) in [6.07, 6.45) is 0. The van der Waals surface area contributed by atoms with Crippen molar-refractivity contribution in [1.82, 2.24) is 5.32 Å². The van der Waals surface area contributed by atoms with Gasteiger partial charge in [-0.3, -0.25) is 0 Å². The fourth-order valence-corrected chi connectivity index (χ4v) is 2.31. The van der Waals surface area contributed by atoms with Crippen LogP contribution >= 0.6 is 0 Å². The fraction of sp³-hybridized carbons (Fsp3) is 0.600. The van der Waals surface area contributed by atoms with Crippen LogP contribution in [0.15, 0.2) is 18.2 Å². The highest BCUT2D eigenvalue weighted by Crippen LogP contribution is 2.23. The molecule has 1 fully saturated rings. The van der Waals surface area contributed by atoms with Crippen LogP contribution in [0.4, 0.5) is 10.1 Å². The maximum atomic E-state index is 12.6. The molecule has 4 heteroatoms. The van der Waals surface area contributed by atoms with Crippen molar-refractivity contribution in [2.24, 2.45) is 0 Å². The Morgan fingerprint density at radius 2 is 2.16 bits per heavy atom. The van der Waals surface area contributed by atoms with Crippen LogP contribution in [-0.4, -0.2) is 30.8 Å². The largest absolute Gasteiger partial charge is 0.392 e. The zero-order chi connectivity index (χ0) is 14.3. The predicted octanol–water partition coefficient (Wildman–Crippen LogP) is 2.47. The van der Waals surface area contributed by atoms with E-state index in [2.05, 4.69) is 17.1 Å². The molecule has 0 spiro atoms. The summed E-state index contributed by atoms with van der Waals surface area (Å²) in [5, 5.41) is 12.7. The van der Waals surface area contributed by atoms with E-state index in [0.29, 0.717) is 11.6 Å². The van der Waals surface area contributed by atoms with E-state index in [0.717, 1.165) is 30.9 Å². The van der Waals surface area contributed by atoms with Crippen molar-refractivity contribution in [2.45, 2.75) is 40.1 Å². The van der Waals surface area contributed by atoms with Gasteiger partial charge in [-0.25, -0.2) is 4.39 Å². The first-order valence-corrected chi connectivity index (χ1v) is 7.01. The van der Waals surface area contributed by atoms with Crippen LogP contribution in [0.3, 0.4) is 0 Å². The van der Waals surface area contributed by atoms with Gasteiger partial charge < -0.3 is 15.3 Å². The SMILES string of the molecule is CC.CC1CN(c2ccc(CF)cc2CO)CCN1. The predicted molar refractivity (Wildman–Crippen MR) is 78.2 cm³/mol. The Morgan fingerprint density at radius 3 is 2.74 bits per heavy atom. The van der Waals surface area contributed by atoms with Gasteiger partial charge in [-0.05, 0) is 24.6 Å². The third-order valence-electron chi connectivity index (χ3n) is 3.18. The minimum absolute atomic E-state index is 0.0402. The molecule has 19 heavy (non-hydrogen) atoms. The zero-order valence-corrected chi connectivity index (χ0v) is 12.1. The number of aliphatic hydroxyl groups is 1. The molecule has 0 amide bonds. The van der Waals surface area contributed by atoms with Crippen molar-refractivity contribution >= 4 is 5.69 Å². The molecule has 1 aromatic rings. The first kappa shape index (κ1) is 15.9. The number of nitrogens with zero attached hydrogens (tertiary/aromatic N) is 1. The number of nitrogens with one attached hydrogen (secondary N) is 1. The number of hydrogen-bond donors (Lipinski definition) is 2. The van der Waals surface area contributed by atoms with E-state index in [1.807, 2.05) is 19.9 Å². The second-order valence-corrected chi connectivity index (χ2v) is 4.56. The van der Waals surface area contributed by atoms with Crippen molar-refractivity contribution < 1.29 is 9.50 Å². The first-order valence-electron chi connectivity index (χ1n) is 7.01. The molecule has 2 N–H and O–H groups in total. The number of anilines is 1. The van der Waals surface area contributed by atoms with E-state index in [4.69, 9.17) is 0 Å². The second kappa shape index (κ2) is 8.12. The molecule has 108 valence electrons. The standard InChI is InChI=1S/C13H19FN2O.C2H6/c1-10-8-16(5-4-15-10)13-3-2-11(7-14)6-12(13)9-17;1-2/h2-3,6,10,15,17H,4-5,7-9H2,1H3;1-2H3. The number of benzene rings is 1. The lowest BCUT2D eigenvalue weighted by Crippen LogP contribution is -2.49. The molecule has 0 bridgehead atoms. The van der Waals surface area contributed by atoms with Gasteiger partial charge in [-0.1, -0.05) is 19.9 Å². The van der Waals surface area contributed by atoms with Crippen molar-refractivity contribution in [3.05, 3.63) is 29.3 Å². The van der Waals surface area contributed by atoms with E-state index < -0.39 is 6.67 Å². The number of piperazine rings is 1. The van der Waals surface area contributed by atoms with Gasteiger partial charge in [0.05, 0.1) is 6.61 Å². The quantitative estimate of drug-likeness (QED) is 0.884. The fourth-order valence-electron chi connectivity index (χ4n) is 2.31. The zero-order valence-electron chi connectivity index (χ0n) is 12.1. The molecule has 1 unspecified atom stereocenters. The van der Waals surface area contributed by atoms with Gasteiger partial charge in [0.1, 0.15) is 6.67 Å². The summed E-state index contributed by atoms with van der Waals surface area (Å²) in [5.74, 6) is 0. The molecule has 0 saturated carbocycles. The van der Waals surface area contributed by atoms with E-state index in [9.17, 15) is 9.50 Å². The minimum atomic E-state index is -0.481. The molecule has 1 heterocycles. The molecule has 2 rings (SSSR count). The Kier molecular flexibility index (Phi) is 6.81. The Balaban J connectivity index is 0.000000861. The Labute approximate surface area is 115 Å². The third kappa shape index (κ3) is 4.18. The van der Waals surface area contributed by atoms with Gasteiger partial charge in [0, 0.05) is 36.9 Å². The average Bonchev–Trinajstić information content (AvgIpc) is 2.48. The number of rotatable bonds is 3.